The molecule has 0 fully saturated rings. The number of hydrogen-bond acceptors (Lipinski definition) is 1. The summed E-state index contributed by atoms with van der Waals surface area (Å²) in [5.74, 6) is 2.48. The number of ether oxygens (including phenoxy) is 1. The average Bonchev–Trinajstić information content (AvgIpc) is 2.31. The van der Waals surface area contributed by atoms with E-state index in [0.29, 0.717) is 6.61 Å². The SMILES string of the molecule is C#CCOCCCCCCCCCCCC. The summed E-state index contributed by atoms with van der Waals surface area (Å²) in [6.45, 7) is 3.57. The van der Waals surface area contributed by atoms with Crippen LogP contribution in [0.25, 0.3) is 0 Å². The molecule has 0 aliphatic rings. The van der Waals surface area contributed by atoms with E-state index in [-0.39, 0.29) is 0 Å². The van der Waals surface area contributed by atoms with E-state index in [1.54, 1.807) is 0 Å². The molecule has 1 heteroatoms. The molecule has 0 amide bonds. The fourth-order valence-electron chi connectivity index (χ4n) is 1.82. The van der Waals surface area contributed by atoms with Gasteiger partial charge in [-0.2, -0.15) is 0 Å². The van der Waals surface area contributed by atoms with Crippen LogP contribution in [0.2, 0.25) is 0 Å². The van der Waals surface area contributed by atoms with Crippen LogP contribution in [-0.2, 0) is 4.74 Å². The summed E-state index contributed by atoms with van der Waals surface area (Å²) >= 11 is 0. The molecule has 16 heavy (non-hydrogen) atoms. The van der Waals surface area contributed by atoms with Crippen molar-refractivity contribution in [2.45, 2.75) is 71.1 Å². The summed E-state index contributed by atoms with van der Waals surface area (Å²) < 4.78 is 5.22. The monoisotopic (exact) mass is 224 g/mol. The maximum atomic E-state index is 5.22. The summed E-state index contributed by atoms with van der Waals surface area (Å²) in [6, 6.07) is 0. The molecule has 1 nitrogen and oxygen atoms in total. The molecule has 0 atom stereocenters. The lowest BCUT2D eigenvalue weighted by atomic mass is 10.1. The molecule has 0 rings (SSSR count). The van der Waals surface area contributed by atoms with E-state index < -0.39 is 0 Å². The van der Waals surface area contributed by atoms with Gasteiger partial charge in [-0.05, 0) is 6.42 Å². The molecule has 0 bridgehead atoms. The lowest BCUT2D eigenvalue weighted by Gasteiger charge is -2.02. The van der Waals surface area contributed by atoms with Gasteiger partial charge in [-0.3, -0.25) is 0 Å². The molecule has 0 saturated carbocycles. The van der Waals surface area contributed by atoms with Crippen molar-refractivity contribution < 1.29 is 4.74 Å². The second-order valence-corrected chi connectivity index (χ2v) is 4.44. The van der Waals surface area contributed by atoms with Crippen LogP contribution in [-0.4, -0.2) is 13.2 Å². The molecule has 0 radical (unpaired) electrons. The van der Waals surface area contributed by atoms with Gasteiger partial charge in [0, 0.05) is 6.61 Å². The fourth-order valence-corrected chi connectivity index (χ4v) is 1.82. The van der Waals surface area contributed by atoms with Gasteiger partial charge in [0.15, 0.2) is 0 Å². The molecule has 0 aliphatic heterocycles. The molecule has 0 N–H and O–H groups in total. The molecule has 0 aliphatic carbocycles. The molecular weight excluding hydrogens is 196 g/mol. The van der Waals surface area contributed by atoms with Crippen LogP contribution in [0.4, 0.5) is 0 Å². The second-order valence-electron chi connectivity index (χ2n) is 4.44. The van der Waals surface area contributed by atoms with E-state index in [2.05, 4.69) is 12.8 Å². The summed E-state index contributed by atoms with van der Waals surface area (Å²) in [6.07, 6.45) is 18.7. The Morgan fingerprint density at radius 3 is 1.81 bits per heavy atom. The highest BCUT2D eigenvalue weighted by Crippen LogP contribution is 2.10. The van der Waals surface area contributed by atoms with Gasteiger partial charge >= 0.3 is 0 Å². The smallest absolute Gasteiger partial charge is 0.107 e. The van der Waals surface area contributed by atoms with Crippen LogP contribution >= 0.6 is 0 Å². The minimum absolute atomic E-state index is 0.470. The van der Waals surface area contributed by atoms with E-state index in [9.17, 15) is 0 Å². The summed E-state index contributed by atoms with van der Waals surface area (Å²) in [5.41, 5.74) is 0. The van der Waals surface area contributed by atoms with Gasteiger partial charge in [0.1, 0.15) is 6.61 Å². The third kappa shape index (κ3) is 13.5. The molecule has 0 heterocycles. The Hall–Kier alpha value is -0.480. The molecule has 0 aromatic rings. The van der Waals surface area contributed by atoms with Gasteiger partial charge in [0.2, 0.25) is 0 Å². The highest BCUT2D eigenvalue weighted by molar-refractivity contribution is 4.82. The minimum Gasteiger partial charge on any atom is -0.369 e. The Morgan fingerprint density at radius 2 is 1.31 bits per heavy atom. The molecular formula is C15H28O. The Balaban J connectivity index is 2.86. The Bertz CT molecular complexity index is 157. The van der Waals surface area contributed by atoms with Crippen molar-refractivity contribution >= 4 is 0 Å². The zero-order valence-corrected chi connectivity index (χ0v) is 11.0. The van der Waals surface area contributed by atoms with Crippen LogP contribution < -0.4 is 0 Å². The van der Waals surface area contributed by atoms with Crippen molar-refractivity contribution in [3.63, 3.8) is 0 Å². The number of hydrogen-bond donors (Lipinski definition) is 0. The van der Waals surface area contributed by atoms with Crippen LogP contribution in [0.3, 0.4) is 0 Å². The van der Waals surface area contributed by atoms with Crippen molar-refractivity contribution in [2.75, 3.05) is 13.2 Å². The van der Waals surface area contributed by atoms with E-state index in [4.69, 9.17) is 11.2 Å². The highest BCUT2D eigenvalue weighted by atomic mass is 16.5. The maximum Gasteiger partial charge on any atom is 0.107 e. The highest BCUT2D eigenvalue weighted by Gasteiger charge is 1.92. The molecule has 0 unspecified atom stereocenters. The summed E-state index contributed by atoms with van der Waals surface area (Å²) in [5, 5.41) is 0. The standard InChI is InChI=1S/C15H28O/c1-3-5-6-7-8-9-10-11-12-13-15-16-14-4-2/h2H,3,5-15H2,1H3. The van der Waals surface area contributed by atoms with Crippen LogP contribution in [0.5, 0.6) is 0 Å². The number of unbranched alkanes of at least 4 members (excludes halogenated alkanes) is 9. The first-order valence-corrected chi connectivity index (χ1v) is 6.93. The Kier molecular flexibility index (Phi) is 14.1. The average molecular weight is 224 g/mol. The van der Waals surface area contributed by atoms with Crippen molar-refractivity contribution in [2.24, 2.45) is 0 Å². The van der Waals surface area contributed by atoms with E-state index >= 15 is 0 Å². The summed E-state index contributed by atoms with van der Waals surface area (Å²) in [4.78, 5) is 0. The third-order valence-electron chi connectivity index (χ3n) is 2.83. The zero-order chi connectivity index (χ0) is 11.9. The predicted octanol–water partition coefficient (Wildman–Crippen LogP) is 4.56. The first-order chi connectivity index (χ1) is 7.91. The Morgan fingerprint density at radius 1 is 0.812 bits per heavy atom. The van der Waals surface area contributed by atoms with E-state index in [1.807, 2.05) is 0 Å². The van der Waals surface area contributed by atoms with Crippen LogP contribution in [0.1, 0.15) is 71.1 Å². The normalized spacial score (nSPS) is 10.2. The van der Waals surface area contributed by atoms with Gasteiger partial charge in [0.05, 0.1) is 0 Å². The number of rotatable bonds is 12. The van der Waals surface area contributed by atoms with E-state index in [1.165, 1.54) is 57.8 Å². The molecule has 94 valence electrons. The lowest BCUT2D eigenvalue weighted by Crippen LogP contribution is -1.94. The van der Waals surface area contributed by atoms with Gasteiger partial charge in [0.25, 0.3) is 0 Å². The molecule has 0 aromatic heterocycles. The van der Waals surface area contributed by atoms with Gasteiger partial charge in [-0.25, -0.2) is 0 Å². The third-order valence-corrected chi connectivity index (χ3v) is 2.83. The zero-order valence-electron chi connectivity index (χ0n) is 11.0. The van der Waals surface area contributed by atoms with Crippen molar-refractivity contribution in [3.05, 3.63) is 0 Å². The van der Waals surface area contributed by atoms with Crippen molar-refractivity contribution in [1.29, 1.82) is 0 Å². The summed E-state index contributed by atoms with van der Waals surface area (Å²) in [7, 11) is 0. The van der Waals surface area contributed by atoms with Gasteiger partial charge in [-0.15, -0.1) is 6.42 Å². The van der Waals surface area contributed by atoms with Gasteiger partial charge < -0.3 is 4.74 Å². The topological polar surface area (TPSA) is 9.23 Å². The maximum absolute atomic E-state index is 5.22. The van der Waals surface area contributed by atoms with Crippen LogP contribution in [0, 0.1) is 12.3 Å². The molecule has 0 saturated heterocycles. The first-order valence-electron chi connectivity index (χ1n) is 6.93. The quantitative estimate of drug-likeness (QED) is 0.349. The van der Waals surface area contributed by atoms with Crippen molar-refractivity contribution in [1.82, 2.24) is 0 Å². The first kappa shape index (κ1) is 15.5. The minimum atomic E-state index is 0.470. The predicted molar refractivity (Wildman–Crippen MR) is 71.5 cm³/mol. The van der Waals surface area contributed by atoms with Crippen molar-refractivity contribution in [3.8, 4) is 12.3 Å². The number of terminal acetylenes is 1. The second kappa shape index (κ2) is 14.5. The lowest BCUT2D eigenvalue weighted by molar-refractivity contribution is 0.162. The molecule has 0 spiro atoms. The largest absolute Gasteiger partial charge is 0.369 e. The molecule has 0 aromatic carbocycles. The van der Waals surface area contributed by atoms with Gasteiger partial charge in [-0.1, -0.05) is 70.6 Å². The fraction of sp³-hybridized carbons (Fsp3) is 0.867. The van der Waals surface area contributed by atoms with E-state index in [0.717, 1.165) is 13.0 Å². The van der Waals surface area contributed by atoms with Crippen LogP contribution in [0.15, 0.2) is 0 Å². The Labute approximate surface area is 102 Å².